The van der Waals surface area contributed by atoms with E-state index in [1.807, 2.05) is 19.3 Å². The highest BCUT2D eigenvalue weighted by atomic mass is 32.2. The maximum Gasteiger partial charge on any atom is 0.334 e. The molecule has 0 atom stereocenters. The molecule has 0 amide bonds. The van der Waals surface area contributed by atoms with E-state index >= 15 is 0 Å². The molecule has 0 fully saturated rings. The normalized spacial score (nSPS) is 11.4. The molecular weight excluding hydrogens is 160 g/mol. The molecule has 64 valence electrons. The van der Waals surface area contributed by atoms with Crippen LogP contribution < -0.4 is 0 Å². The minimum atomic E-state index is -0.207. The minimum absolute atomic E-state index is 0.207. The Hall–Kier alpha value is -0.440. The number of carbonyl (C=O) groups is 1. The van der Waals surface area contributed by atoms with Crippen LogP contribution in [-0.2, 0) is 9.53 Å². The van der Waals surface area contributed by atoms with Crippen molar-refractivity contribution in [2.45, 2.75) is 20.3 Å². The maximum atomic E-state index is 11.0. The van der Waals surface area contributed by atoms with Gasteiger partial charge in [-0.25, -0.2) is 4.79 Å². The van der Waals surface area contributed by atoms with Crippen molar-refractivity contribution in [2.24, 2.45) is 0 Å². The topological polar surface area (TPSA) is 26.3 Å². The molecule has 0 bridgehead atoms. The van der Waals surface area contributed by atoms with E-state index in [9.17, 15) is 4.79 Å². The van der Waals surface area contributed by atoms with E-state index in [0.29, 0.717) is 11.5 Å². The smallest absolute Gasteiger partial charge is 0.334 e. The second-order valence-corrected chi connectivity index (χ2v) is 2.95. The third kappa shape index (κ3) is 4.90. The van der Waals surface area contributed by atoms with Crippen LogP contribution in [0.5, 0.6) is 0 Å². The lowest BCUT2D eigenvalue weighted by Gasteiger charge is -2.01. The van der Waals surface area contributed by atoms with Gasteiger partial charge in [0.1, 0.15) is 5.94 Å². The lowest BCUT2D eigenvalue weighted by atomic mass is 10.2. The van der Waals surface area contributed by atoms with E-state index in [-0.39, 0.29) is 5.97 Å². The first-order valence-corrected chi connectivity index (χ1v) is 4.94. The minimum Gasteiger partial charge on any atom is -0.451 e. The van der Waals surface area contributed by atoms with Crippen LogP contribution in [0, 0.1) is 0 Å². The molecule has 2 nitrogen and oxygen atoms in total. The van der Waals surface area contributed by atoms with Crippen molar-refractivity contribution in [3.05, 3.63) is 11.6 Å². The molecule has 0 aliphatic rings. The molecule has 0 radical (unpaired) electrons. The third-order valence-corrected chi connectivity index (χ3v) is 1.49. The van der Waals surface area contributed by atoms with Gasteiger partial charge in [0.05, 0.1) is 0 Å². The molecule has 0 aliphatic carbocycles. The van der Waals surface area contributed by atoms with Crippen LogP contribution in [-0.4, -0.2) is 18.2 Å². The monoisotopic (exact) mass is 174 g/mol. The summed E-state index contributed by atoms with van der Waals surface area (Å²) < 4.78 is 4.86. The Morgan fingerprint density at radius 1 is 1.64 bits per heavy atom. The SMILES string of the molecule is CCC=C(C)C(=O)OCSC. The summed E-state index contributed by atoms with van der Waals surface area (Å²) >= 11 is 1.50. The number of rotatable bonds is 4. The second kappa shape index (κ2) is 6.28. The average Bonchev–Trinajstić information content (AvgIpc) is 2.00. The molecule has 0 unspecified atom stereocenters. The molecule has 0 aromatic heterocycles. The molecule has 0 rings (SSSR count). The molecule has 0 saturated heterocycles. The number of allylic oxidation sites excluding steroid dienone is 1. The van der Waals surface area contributed by atoms with Crippen molar-refractivity contribution in [1.82, 2.24) is 0 Å². The summed E-state index contributed by atoms with van der Waals surface area (Å²) in [5.41, 5.74) is 0.696. The van der Waals surface area contributed by atoms with Crippen LogP contribution in [0.2, 0.25) is 0 Å². The molecule has 0 aliphatic heterocycles. The summed E-state index contributed by atoms with van der Waals surface area (Å²) in [4.78, 5) is 11.0. The van der Waals surface area contributed by atoms with Gasteiger partial charge in [-0.1, -0.05) is 13.0 Å². The fraction of sp³-hybridized carbons (Fsp3) is 0.625. The number of hydrogen-bond acceptors (Lipinski definition) is 3. The summed E-state index contributed by atoms with van der Waals surface area (Å²) in [5.74, 6) is 0.231. The van der Waals surface area contributed by atoms with Gasteiger partial charge in [0.15, 0.2) is 0 Å². The van der Waals surface area contributed by atoms with Gasteiger partial charge in [-0.2, -0.15) is 0 Å². The largest absolute Gasteiger partial charge is 0.451 e. The predicted octanol–water partition coefficient (Wildman–Crippen LogP) is 2.21. The predicted molar refractivity (Wildman–Crippen MR) is 48.5 cm³/mol. The zero-order valence-corrected chi connectivity index (χ0v) is 8.03. The highest BCUT2D eigenvalue weighted by Crippen LogP contribution is 2.01. The highest BCUT2D eigenvalue weighted by molar-refractivity contribution is 7.98. The summed E-state index contributed by atoms with van der Waals surface area (Å²) in [6.07, 6.45) is 4.63. The lowest BCUT2D eigenvalue weighted by molar-refractivity contribution is -0.136. The lowest BCUT2D eigenvalue weighted by Crippen LogP contribution is -2.04. The molecule has 11 heavy (non-hydrogen) atoms. The van der Waals surface area contributed by atoms with Gasteiger partial charge in [-0.15, -0.1) is 11.8 Å². The fourth-order valence-corrected chi connectivity index (χ4v) is 0.841. The number of carbonyl (C=O) groups excluding carboxylic acids is 1. The van der Waals surface area contributed by atoms with Crippen molar-refractivity contribution in [1.29, 1.82) is 0 Å². The van der Waals surface area contributed by atoms with E-state index < -0.39 is 0 Å². The first-order chi connectivity index (χ1) is 5.22. The first kappa shape index (κ1) is 10.6. The zero-order chi connectivity index (χ0) is 8.69. The zero-order valence-electron chi connectivity index (χ0n) is 7.22. The van der Waals surface area contributed by atoms with Gasteiger partial charge in [0.2, 0.25) is 0 Å². The Labute approximate surface area is 72.0 Å². The van der Waals surface area contributed by atoms with Gasteiger partial charge in [0, 0.05) is 5.57 Å². The van der Waals surface area contributed by atoms with E-state index in [2.05, 4.69) is 0 Å². The van der Waals surface area contributed by atoms with Crippen LogP contribution in [0.3, 0.4) is 0 Å². The number of ether oxygens (including phenoxy) is 1. The van der Waals surface area contributed by atoms with Crippen molar-refractivity contribution >= 4 is 17.7 Å². The Balaban J connectivity index is 3.73. The van der Waals surface area contributed by atoms with Crippen LogP contribution in [0.15, 0.2) is 11.6 Å². The molecule has 0 N–H and O–H groups in total. The van der Waals surface area contributed by atoms with Crippen LogP contribution in [0.1, 0.15) is 20.3 Å². The summed E-state index contributed by atoms with van der Waals surface area (Å²) in [5, 5.41) is 0. The molecule has 3 heteroatoms. The van der Waals surface area contributed by atoms with Gasteiger partial charge in [-0.05, 0) is 19.6 Å². The number of hydrogen-bond donors (Lipinski definition) is 0. The molecule has 0 aromatic carbocycles. The Bertz CT molecular complexity index is 152. The van der Waals surface area contributed by atoms with E-state index in [1.165, 1.54) is 11.8 Å². The van der Waals surface area contributed by atoms with Crippen LogP contribution in [0.4, 0.5) is 0 Å². The number of thioether (sulfide) groups is 1. The standard InChI is InChI=1S/C8H14O2S/c1-4-5-7(2)8(9)10-6-11-3/h5H,4,6H2,1-3H3. The Morgan fingerprint density at radius 3 is 2.73 bits per heavy atom. The third-order valence-electron chi connectivity index (χ3n) is 1.14. The van der Waals surface area contributed by atoms with E-state index in [4.69, 9.17) is 4.74 Å². The Morgan fingerprint density at radius 2 is 2.27 bits per heavy atom. The molecule has 0 saturated carbocycles. The first-order valence-electron chi connectivity index (χ1n) is 3.55. The van der Waals surface area contributed by atoms with Crippen LogP contribution >= 0.6 is 11.8 Å². The molecule has 0 aromatic rings. The summed E-state index contributed by atoms with van der Waals surface area (Å²) in [7, 11) is 0. The summed E-state index contributed by atoms with van der Waals surface area (Å²) in [6.45, 7) is 3.76. The van der Waals surface area contributed by atoms with Crippen LogP contribution in [0.25, 0.3) is 0 Å². The van der Waals surface area contributed by atoms with Crippen molar-refractivity contribution in [3.8, 4) is 0 Å². The average molecular weight is 174 g/mol. The van der Waals surface area contributed by atoms with E-state index in [0.717, 1.165) is 6.42 Å². The van der Waals surface area contributed by atoms with Crippen molar-refractivity contribution < 1.29 is 9.53 Å². The second-order valence-electron chi connectivity index (χ2n) is 2.13. The van der Waals surface area contributed by atoms with Gasteiger partial charge in [-0.3, -0.25) is 0 Å². The van der Waals surface area contributed by atoms with Gasteiger partial charge in [0.25, 0.3) is 0 Å². The highest BCUT2D eigenvalue weighted by Gasteiger charge is 2.02. The molecule has 0 heterocycles. The van der Waals surface area contributed by atoms with Gasteiger partial charge >= 0.3 is 5.97 Å². The van der Waals surface area contributed by atoms with Gasteiger partial charge < -0.3 is 4.74 Å². The maximum absolute atomic E-state index is 11.0. The molecular formula is C8H14O2S. The molecule has 0 spiro atoms. The quantitative estimate of drug-likeness (QED) is 0.371. The van der Waals surface area contributed by atoms with Crippen molar-refractivity contribution in [3.63, 3.8) is 0 Å². The number of esters is 1. The fourth-order valence-electron chi connectivity index (χ4n) is 0.616. The Kier molecular flexibility index (Phi) is 6.03. The van der Waals surface area contributed by atoms with E-state index in [1.54, 1.807) is 6.92 Å². The summed E-state index contributed by atoms with van der Waals surface area (Å²) in [6, 6.07) is 0. The van der Waals surface area contributed by atoms with Crippen molar-refractivity contribution in [2.75, 3.05) is 12.2 Å².